The van der Waals surface area contributed by atoms with Crippen molar-refractivity contribution in [2.75, 3.05) is 5.32 Å². The fraction of sp³-hybridized carbons (Fsp3) is 0.222. The third kappa shape index (κ3) is 4.41. The summed E-state index contributed by atoms with van der Waals surface area (Å²) in [7, 11) is 0. The highest BCUT2D eigenvalue weighted by Crippen LogP contribution is 2.18. The lowest BCUT2D eigenvalue weighted by Gasteiger charge is -2.16. The lowest BCUT2D eigenvalue weighted by molar-refractivity contribution is -0.384. The van der Waals surface area contributed by atoms with Crippen LogP contribution >= 0.6 is 0 Å². The molecule has 2 N–H and O–H groups in total. The van der Waals surface area contributed by atoms with Crippen LogP contribution in [0.4, 0.5) is 11.4 Å². The Morgan fingerprint density at radius 2 is 1.80 bits per heavy atom. The summed E-state index contributed by atoms with van der Waals surface area (Å²) in [5.41, 5.74) is 2.63. The number of nitrogens with zero attached hydrogens (tertiary/aromatic N) is 1. The van der Waals surface area contributed by atoms with Gasteiger partial charge < -0.3 is 10.6 Å². The largest absolute Gasteiger partial charge is 0.341 e. The first kappa shape index (κ1) is 18.1. The molecule has 0 unspecified atom stereocenters. The number of aryl methyl sites for hydroxylation is 1. The highest BCUT2D eigenvalue weighted by atomic mass is 16.6. The summed E-state index contributed by atoms with van der Waals surface area (Å²) in [5, 5.41) is 16.1. The Kier molecular flexibility index (Phi) is 5.49. The molecule has 2 aromatic carbocycles. The zero-order valence-corrected chi connectivity index (χ0v) is 14.2. The summed E-state index contributed by atoms with van der Waals surface area (Å²) in [5.74, 6) is -0.917. The third-order valence-electron chi connectivity index (χ3n) is 3.92. The van der Waals surface area contributed by atoms with Crippen molar-refractivity contribution in [3.63, 3.8) is 0 Å². The maximum absolute atomic E-state index is 12.3. The first-order valence-electron chi connectivity index (χ1n) is 7.72. The summed E-state index contributed by atoms with van der Waals surface area (Å²) in [6.45, 7) is 5.39. The molecule has 0 aromatic heterocycles. The number of benzene rings is 2. The van der Waals surface area contributed by atoms with Crippen molar-refractivity contribution in [2.45, 2.75) is 26.8 Å². The minimum Gasteiger partial charge on any atom is -0.341 e. The normalized spacial score (nSPS) is 11.5. The standard InChI is InChI=1S/C18H19N3O4/c1-11-6-4-9-16(12(11)2)20-17(22)13(3)19-18(23)14-7-5-8-15(10-14)21(24)25/h4-10,13H,1-3H3,(H,19,23)(H,20,22)/t13-/m0/s1. The number of anilines is 1. The highest BCUT2D eigenvalue weighted by molar-refractivity contribution is 6.01. The molecule has 0 radical (unpaired) electrons. The Bertz CT molecular complexity index is 833. The van der Waals surface area contributed by atoms with Gasteiger partial charge in [-0.3, -0.25) is 19.7 Å². The summed E-state index contributed by atoms with van der Waals surface area (Å²) >= 11 is 0. The SMILES string of the molecule is Cc1cccc(NC(=O)[C@H](C)NC(=O)c2cccc([N+](=O)[O-])c2)c1C. The van der Waals surface area contributed by atoms with Crippen LogP contribution in [0.5, 0.6) is 0 Å². The summed E-state index contributed by atoms with van der Waals surface area (Å²) in [6, 6.07) is 10.1. The van der Waals surface area contributed by atoms with Crippen molar-refractivity contribution in [1.29, 1.82) is 0 Å². The molecule has 0 heterocycles. The van der Waals surface area contributed by atoms with Gasteiger partial charge in [-0.2, -0.15) is 0 Å². The second-order valence-electron chi connectivity index (χ2n) is 5.74. The van der Waals surface area contributed by atoms with Crippen LogP contribution in [0.25, 0.3) is 0 Å². The fourth-order valence-electron chi connectivity index (χ4n) is 2.23. The molecule has 0 bridgehead atoms. The van der Waals surface area contributed by atoms with Gasteiger partial charge in [0.25, 0.3) is 11.6 Å². The van der Waals surface area contributed by atoms with Crippen LogP contribution in [0.2, 0.25) is 0 Å². The molecule has 2 amide bonds. The van der Waals surface area contributed by atoms with Gasteiger partial charge in [0.15, 0.2) is 0 Å². The van der Waals surface area contributed by atoms with Gasteiger partial charge >= 0.3 is 0 Å². The van der Waals surface area contributed by atoms with E-state index in [0.717, 1.165) is 11.1 Å². The molecular formula is C18H19N3O4. The van der Waals surface area contributed by atoms with Crippen molar-refractivity contribution >= 4 is 23.2 Å². The van der Waals surface area contributed by atoms with Crippen molar-refractivity contribution in [3.05, 3.63) is 69.3 Å². The molecule has 0 aliphatic carbocycles. The molecule has 0 spiro atoms. The van der Waals surface area contributed by atoms with Gasteiger partial charge in [0.1, 0.15) is 6.04 Å². The van der Waals surface area contributed by atoms with Crippen LogP contribution in [-0.2, 0) is 4.79 Å². The molecule has 2 rings (SSSR count). The van der Waals surface area contributed by atoms with Crippen LogP contribution in [0.3, 0.4) is 0 Å². The van der Waals surface area contributed by atoms with Crippen molar-refractivity contribution < 1.29 is 14.5 Å². The average molecular weight is 341 g/mol. The number of carbonyl (C=O) groups excluding carboxylic acids is 2. The molecule has 0 aliphatic rings. The van der Waals surface area contributed by atoms with Gasteiger partial charge in [0, 0.05) is 23.4 Å². The van der Waals surface area contributed by atoms with E-state index in [0.29, 0.717) is 5.69 Å². The van der Waals surface area contributed by atoms with Crippen LogP contribution in [0.15, 0.2) is 42.5 Å². The molecular weight excluding hydrogens is 322 g/mol. The number of rotatable bonds is 5. The van der Waals surface area contributed by atoms with Crippen LogP contribution in [0, 0.1) is 24.0 Å². The Morgan fingerprint density at radius 3 is 2.48 bits per heavy atom. The topological polar surface area (TPSA) is 101 Å². The number of hydrogen-bond donors (Lipinski definition) is 2. The predicted molar refractivity (Wildman–Crippen MR) is 94.6 cm³/mol. The Hall–Kier alpha value is -3.22. The quantitative estimate of drug-likeness (QED) is 0.645. The predicted octanol–water partition coefficient (Wildman–Crippen LogP) is 2.97. The molecule has 7 heteroatoms. The molecule has 2 aromatic rings. The summed E-state index contributed by atoms with van der Waals surface area (Å²) in [4.78, 5) is 34.7. The zero-order chi connectivity index (χ0) is 18.6. The van der Waals surface area contributed by atoms with Crippen molar-refractivity contribution in [3.8, 4) is 0 Å². The molecule has 0 saturated heterocycles. The number of nitrogens with one attached hydrogen (secondary N) is 2. The number of nitro benzene ring substituents is 1. The Balaban J connectivity index is 2.05. The van der Waals surface area contributed by atoms with E-state index in [9.17, 15) is 19.7 Å². The smallest absolute Gasteiger partial charge is 0.270 e. The first-order chi connectivity index (χ1) is 11.8. The average Bonchev–Trinajstić information content (AvgIpc) is 2.58. The van der Waals surface area contributed by atoms with E-state index in [4.69, 9.17) is 0 Å². The number of nitro groups is 1. The molecule has 0 aliphatic heterocycles. The van der Waals surface area contributed by atoms with E-state index < -0.39 is 16.9 Å². The summed E-state index contributed by atoms with van der Waals surface area (Å²) in [6.07, 6.45) is 0. The maximum atomic E-state index is 12.3. The van der Waals surface area contributed by atoms with E-state index >= 15 is 0 Å². The monoisotopic (exact) mass is 341 g/mol. The molecule has 0 saturated carbocycles. The Labute approximate surface area is 145 Å². The van der Waals surface area contributed by atoms with Gasteiger partial charge in [0.05, 0.1) is 4.92 Å². The van der Waals surface area contributed by atoms with Gasteiger partial charge in [-0.25, -0.2) is 0 Å². The van der Waals surface area contributed by atoms with Crippen LogP contribution in [-0.4, -0.2) is 22.8 Å². The fourth-order valence-corrected chi connectivity index (χ4v) is 2.23. The molecule has 130 valence electrons. The maximum Gasteiger partial charge on any atom is 0.270 e. The molecule has 7 nitrogen and oxygen atoms in total. The van der Waals surface area contributed by atoms with Gasteiger partial charge in [-0.05, 0) is 44.0 Å². The second kappa shape index (κ2) is 7.57. The lowest BCUT2D eigenvalue weighted by atomic mass is 10.1. The summed E-state index contributed by atoms with van der Waals surface area (Å²) < 4.78 is 0. The van der Waals surface area contributed by atoms with Gasteiger partial charge in [-0.1, -0.05) is 18.2 Å². The number of non-ortho nitro benzene ring substituents is 1. The van der Waals surface area contributed by atoms with E-state index in [1.54, 1.807) is 13.0 Å². The van der Waals surface area contributed by atoms with E-state index in [1.165, 1.54) is 24.3 Å². The minimum atomic E-state index is -0.799. The number of hydrogen-bond acceptors (Lipinski definition) is 4. The van der Waals surface area contributed by atoms with Crippen molar-refractivity contribution in [1.82, 2.24) is 5.32 Å². The first-order valence-corrected chi connectivity index (χ1v) is 7.72. The molecule has 25 heavy (non-hydrogen) atoms. The van der Waals surface area contributed by atoms with Gasteiger partial charge in [-0.15, -0.1) is 0 Å². The lowest BCUT2D eigenvalue weighted by Crippen LogP contribution is -2.41. The van der Waals surface area contributed by atoms with Gasteiger partial charge in [0.2, 0.25) is 5.91 Å². The molecule has 0 fully saturated rings. The second-order valence-corrected chi connectivity index (χ2v) is 5.74. The highest BCUT2D eigenvalue weighted by Gasteiger charge is 2.19. The Morgan fingerprint density at radius 1 is 1.12 bits per heavy atom. The number of amides is 2. The number of carbonyl (C=O) groups is 2. The van der Waals surface area contributed by atoms with Crippen molar-refractivity contribution in [2.24, 2.45) is 0 Å². The van der Waals surface area contributed by atoms with E-state index in [2.05, 4.69) is 10.6 Å². The zero-order valence-electron chi connectivity index (χ0n) is 14.2. The van der Waals surface area contributed by atoms with E-state index in [1.807, 2.05) is 26.0 Å². The van der Waals surface area contributed by atoms with Crippen LogP contribution < -0.4 is 10.6 Å². The van der Waals surface area contributed by atoms with E-state index in [-0.39, 0.29) is 17.2 Å². The molecule has 1 atom stereocenters. The van der Waals surface area contributed by atoms with Crippen LogP contribution in [0.1, 0.15) is 28.4 Å². The third-order valence-corrected chi connectivity index (χ3v) is 3.92. The minimum absolute atomic E-state index is 0.126.